The molecule has 0 saturated carbocycles. The smallest absolute Gasteiger partial charge is 0.407 e. The Morgan fingerprint density at radius 2 is 1.84 bits per heavy atom. The molecule has 2 amide bonds. The number of fused-ring (bicyclic) bond motifs is 1. The molecule has 37 heavy (non-hydrogen) atoms. The molecule has 2 N–H and O–H groups in total. The minimum Gasteiger partial charge on any atom is -0.444 e. The number of ether oxygens (including phenoxy) is 2. The van der Waals surface area contributed by atoms with Crippen molar-refractivity contribution in [3.8, 4) is 0 Å². The summed E-state index contributed by atoms with van der Waals surface area (Å²) >= 11 is 0. The van der Waals surface area contributed by atoms with E-state index in [-0.39, 0.29) is 24.8 Å². The van der Waals surface area contributed by atoms with Crippen LogP contribution in [0.2, 0.25) is 0 Å². The van der Waals surface area contributed by atoms with Gasteiger partial charge in [0.2, 0.25) is 0 Å². The number of carbonyl (C=O) groups excluding carboxylic acids is 2. The molecule has 4 rings (SSSR count). The van der Waals surface area contributed by atoms with Crippen molar-refractivity contribution in [3.05, 3.63) is 71.0 Å². The lowest BCUT2D eigenvalue weighted by atomic mass is 9.87. The standard InChI is InChI=1S/C27H34FN3O5S/c1-27(2,3)36-26(33)30-21-15-22(35-16-23(21)37(4,29)34)25(32)31-14-13-17-7-5-6-8-20(17)24(31)18-9-11-19(28)12-10-18/h5-12,21-24,29H,13-16H2,1-4H3,(H,30,33)/t21-,22+,23-,24-,37-/m0/s1. The van der Waals surface area contributed by atoms with Crippen molar-refractivity contribution in [2.75, 3.05) is 19.4 Å². The van der Waals surface area contributed by atoms with Crippen LogP contribution in [0.4, 0.5) is 9.18 Å². The molecule has 0 spiro atoms. The van der Waals surface area contributed by atoms with Gasteiger partial charge in [0.25, 0.3) is 5.91 Å². The minimum atomic E-state index is -3.09. The van der Waals surface area contributed by atoms with Gasteiger partial charge in [-0.2, -0.15) is 0 Å². The van der Waals surface area contributed by atoms with Crippen molar-refractivity contribution < 1.29 is 27.7 Å². The van der Waals surface area contributed by atoms with Gasteiger partial charge in [-0.05, 0) is 56.0 Å². The third-order valence-corrected chi connectivity index (χ3v) is 8.31. The van der Waals surface area contributed by atoms with Crippen LogP contribution >= 0.6 is 0 Å². The molecule has 1 fully saturated rings. The Labute approximate surface area is 217 Å². The summed E-state index contributed by atoms with van der Waals surface area (Å²) in [6.07, 6.45) is 0.408. The minimum absolute atomic E-state index is 0.0563. The van der Waals surface area contributed by atoms with Crippen LogP contribution in [0.3, 0.4) is 0 Å². The van der Waals surface area contributed by atoms with Gasteiger partial charge in [0.15, 0.2) is 0 Å². The maximum absolute atomic E-state index is 13.9. The number of halogens is 1. The van der Waals surface area contributed by atoms with Gasteiger partial charge in [-0.1, -0.05) is 36.4 Å². The van der Waals surface area contributed by atoms with Crippen LogP contribution in [-0.4, -0.2) is 63.5 Å². The highest BCUT2D eigenvalue weighted by molar-refractivity contribution is 7.92. The summed E-state index contributed by atoms with van der Waals surface area (Å²) < 4.78 is 45.7. The van der Waals surface area contributed by atoms with Gasteiger partial charge in [-0.25, -0.2) is 13.4 Å². The van der Waals surface area contributed by atoms with E-state index in [0.717, 1.165) is 16.7 Å². The van der Waals surface area contributed by atoms with Gasteiger partial charge >= 0.3 is 6.09 Å². The zero-order valence-corrected chi connectivity index (χ0v) is 22.3. The van der Waals surface area contributed by atoms with Gasteiger partial charge in [0, 0.05) is 29.0 Å². The van der Waals surface area contributed by atoms with Crippen LogP contribution in [0.25, 0.3) is 0 Å². The predicted molar refractivity (Wildman–Crippen MR) is 138 cm³/mol. The Hall–Kier alpha value is -2.98. The summed E-state index contributed by atoms with van der Waals surface area (Å²) in [5, 5.41) is 1.94. The van der Waals surface area contributed by atoms with E-state index in [9.17, 15) is 18.2 Å². The van der Waals surface area contributed by atoms with Crippen molar-refractivity contribution in [3.63, 3.8) is 0 Å². The fourth-order valence-electron chi connectivity index (χ4n) is 5.00. The number of amides is 2. The van der Waals surface area contributed by atoms with Gasteiger partial charge < -0.3 is 19.7 Å². The fraction of sp³-hybridized carbons (Fsp3) is 0.481. The second-order valence-electron chi connectivity index (χ2n) is 10.7. The second kappa shape index (κ2) is 10.4. The Morgan fingerprint density at radius 1 is 1.16 bits per heavy atom. The van der Waals surface area contributed by atoms with E-state index in [2.05, 4.69) is 5.32 Å². The lowest BCUT2D eigenvalue weighted by Crippen LogP contribution is -2.58. The molecule has 0 radical (unpaired) electrons. The predicted octanol–water partition coefficient (Wildman–Crippen LogP) is 4.03. The summed E-state index contributed by atoms with van der Waals surface area (Å²) in [5.41, 5.74) is 2.13. The summed E-state index contributed by atoms with van der Waals surface area (Å²) in [7, 11) is -3.09. The summed E-state index contributed by atoms with van der Waals surface area (Å²) in [6.45, 7) is 5.53. The number of nitrogens with zero attached hydrogens (tertiary/aromatic N) is 1. The van der Waals surface area contributed by atoms with Gasteiger partial charge in [-0.15, -0.1) is 0 Å². The first-order valence-electron chi connectivity index (χ1n) is 12.3. The molecular formula is C27H34FN3O5S. The monoisotopic (exact) mass is 531 g/mol. The molecule has 2 aromatic rings. The Kier molecular flexibility index (Phi) is 7.62. The number of hydrogen-bond donors (Lipinski definition) is 2. The van der Waals surface area contributed by atoms with Gasteiger partial charge in [-0.3, -0.25) is 9.57 Å². The Bertz CT molecular complexity index is 1260. The van der Waals surface area contributed by atoms with Crippen molar-refractivity contribution in [1.29, 1.82) is 4.78 Å². The van der Waals surface area contributed by atoms with E-state index >= 15 is 0 Å². The molecule has 200 valence electrons. The molecule has 8 nitrogen and oxygen atoms in total. The van der Waals surface area contributed by atoms with E-state index in [1.807, 2.05) is 24.3 Å². The number of rotatable bonds is 4. The summed E-state index contributed by atoms with van der Waals surface area (Å²) in [4.78, 5) is 28.2. The highest BCUT2D eigenvalue weighted by Gasteiger charge is 2.43. The number of carbonyl (C=O) groups is 2. The zero-order valence-electron chi connectivity index (χ0n) is 21.5. The summed E-state index contributed by atoms with van der Waals surface area (Å²) in [5.74, 6) is -0.632. The first kappa shape index (κ1) is 27.1. The van der Waals surface area contributed by atoms with Crippen LogP contribution in [0.15, 0.2) is 48.5 Å². The maximum atomic E-state index is 13.9. The average molecular weight is 532 g/mol. The van der Waals surface area contributed by atoms with Crippen molar-refractivity contribution in [1.82, 2.24) is 10.2 Å². The lowest BCUT2D eigenvalue weighted by molar-refractivity contribution is -0.149. The normalized spacial score (nSPS) is 25.5. The van der Waals surface area contributed by atoms with Crippen LogP contribution in [0, 0.1) is 10.6 Å². The molecule has 2 aliphatic rings. The van der Waals surface area contributed by atoms with Gasteiger partial charge in [0.1, 0.15) is 17.5 Å². The lowest BCUT2D eigenvalue weighted by Gasteiger charge is -2.42. The zero-order chi connectivity index (χ0) is 27.0. The molecule has 0 unspecified atom stereocenters. The number of nitrogens with one attached hydrogen (secondary N) is 2. The van der Waals surface area contributed by atoms with E-state index in [4.69, 9.17) is 14.3 Å². The first-order valence-corrected chi connectivity index (χ1v) is 14.3. The van der Waals surface area contributed by atoms with Crippen LogP contribution < -0.4 is 5.32 Å². The third-order valence-electron chi connectivity index (χ3n) is 6.69. The topological polar surface area (TPSA) is 109 Å². The molecule has 0 bridgehead atoms. The van der Waals surface area contributed by atoms with Crippen LogP contribution in [0.5, 0.6) is 0 Å². The van der Waals surface area contributed by atoms with Gasteiger partial charge in [0.05, 0.1) is 23.9 Å². The molecule has 0 aromatic heterocycles. The molecule has 5 atom stereocenters. The van der Waals surface area contributed by atoms with E-state index in [0.29, 0.717) is 13.0 Å². The Balaban J connectivity index is 1.61. The number of alkyl carbamates (subject to hydrolysis) is 1. The van der Waals surface area contributed by atoms with E-state index < -0.39 is 44.9 Å². The maximum Gasteiger partial charge on any atom is 0.407 e. The highest BCUT2D eigenvalue weighted by Crippen LogP contribution is 2.36. The number of benzene rings is 2. The van der Waals surface area contributed by atoms with E-state index in [1.54, 1.807) is 37.8 Å². The highest BCUT2D eigenvalue weighted by atomic mass is 32.2. The SMILES string of the molecule is CC(C)(C)OC(=O)N[C@H]1C[C@H](C(=O)N2CCc3ccccc3[C@@H]2c2ccc(F)cc2)OC[C@@H]1[S@@](C)(=N)=O. The molecule has 0 aliphatic carbocycles. The van der Waals surface area contributed by atoms with Crippen molar-refractivity contribution in [2.24, 2.45) is 0 Å². The third kappa shape index (κ3) is 6.30. The largest absolute Gasteiger partial charge is 0.444 e. The number of hydrogen-bond acceptors (Lipinski definition) is 6. The van der Waals surface area contributed by atoms with E-state index in [1.165, 1.54) is 18.4 Å². The molecule has 1 saturated heterocycles. The van der Waals surface area contributed by atoms with Crippen molar-refractivity contribution in [2.45, 2.75) is 62.7 Å². The average Bonchev–Trinajstić information content (AvgIpc) is 2.81. The van der Waals surface area contributed by atoms with Crippen LogP contribution in [0.1, 0.15) is 49.9 Å². The van der Waals surface area contributed by atoms with Crippen LogP contribution in [-0.2, 0) is 30.4 Å². The fourth-order valence-corrected chi connectivity index (χ4v) is 6.14. The Morgan fingerprint density at radius 3 is 2.49 bits per heavy atom. The molecule has 2 aromatic carbocycles. The molecular weight excluding hydrogens is 497 g/mol. The van der Waals surface area contributed by atoms with Crippen molar-refractivity contribution >= 4 is 21.7 Å². The quantitative estimate of drug-likeness (QED) is 0.619. The second-order valence-corrected chi connectivity index (χ2v) is 13.1. The molecule has 2 heterocycles. The molecule has 2 aliphatic heterocycles. The summed E-state index contributed by atoms with van der Waals surface area (Å²) in [6, 6.07) is 12.8. The first-order chi connectivity index (χ1) is 17.3. The molecule has 10 heteroatoms.